The highest BCUT2D eigenvalue weighted by Gasteiger charge is 2.25. The minimum Gasteiger partial charge on any atom is -0.486 e. The Bertz CT molecular complexity index is 916. The van der Waals surface area contributed by atoms with E-state index in [-0.39, 0.29) is 5.82 Å². The van der Waals surface area contributed by atoms with Gasteiger partial charge < -0.3 is 4.74 Å². The fourth-order valence-corrected chi connectivity index (χ4v) is 6.22. The van der Waals surface area contributed by atoms with Crippen LogP contribution in [0.25, 0.3) is 10.8 Å². The average Bonchev–Trinajstić information content (AvgIpc) is 2.86. The number of allylic oxidation sites excluding steroid dienone is 1. The van der Waals surface area contributed by atoms with Gasteiger partial charge in [-0.05, 0) is 79.2 Å². The van der Waals surface area contributed by atoms with E-state index in [2.05, 4.69) is 31.4 Å². The van der Waals surface area contributed by atoms with Crippen LogP contribution in [0.4, 0.5) is 4.39 Å². The summed E-state index contributed by atoms with van der Waals surface area (Å²) in [5.41, 5.74) is 1.37. The molecule has 0 unspecified atom stereocenters. The van der Waals surface area contributed by atoms with Gasteiger partial charge in [0, 0.05) is 5.39 Å². The lowest BCUT2D eigenvalue weighted by atomic mass is 9.74. The molecule has 0 heterocycles. The summed E-state index contributed by atoms with van der Waals surface area (Å²) in [5, 5.41) is 1.62. The van der Waals surface area contributed by atoms with E-state index in [4.69, 9.17) is 4.74 Å². The molecule has 2 heteroatoms. The Hall–Kier alpha value is -2.09. The van der Waals surface area contributed by atoms with Crippen molar-refractivity contribution in [2.75, 3.05) is 6.61 Å². The third kappa shape index (κ3) is 6.28. The molecule has 2 aliphatic rings. The van der Waals surface area contributed by atoms with Crippen LogP contribution in [-0.4, -0.2) is 6.61 Å². The molecule has 1 nitrogen and oxygen atoms in total. The Morgan fingerprint density at radius 1 is 0.788 bits per heavy atom. The lowest BCUT2D eigenvalue weighted by Crippen LogP contribution is -2.17. The van der Waals surface area contributed by atoms with Crippen molar-refractivity contribution >= 4 is 10.8 Å². The van der Waals surface area contributed by atoms with E-state index in [1.807, 2.05) is 12.1 Å². The van der Waals surface area contributed by atoms with E-state index in [1.54, 1.807) is 12.1 Å². The smallest absolute Gasteiger partial charge is 0.172 e. The number of hydrogen-bond donors (Lipinski definition) is 0. The Morgan fingerprint density at radius 2 is 1.42 bits per heavy atom. The molecule has 4 rings (SSSR count). The molecule has 0 atom stereocenters. The Kier molecular flexibility index (Phi) is 8.64. The number of fused-ring (bicyclic) bond motifs is 1. The van der Waals surface area contributed by atoms with Crippen LogP contribution in [0, 0.1) is 23.6 Å². The van der Waals surface area contributed by atoms with E-state index in [1.165, 1.54) is 82.6 Å². The topological polar surface area (TPSA) is 9.23 Å². The lowest BCUT2D eigenvalue weighted by molar-refractivity contribution is 0.225. The van der Waals surface area contributed by atoms with E-state index < -0.39 is 0 Å². The first-order valence-electron chi connectivity index (χ1n) is 13.2. The maximum atomic E-state index is 14.8. The molecule has 2 saturated carbocycles. The number of rotatable bonds is 10. The van der Waals surface area contributed by atoms with E-state index >= 15 is 0 Å². The molecule has 33 heavy (non-hydrogen) atoms. The molecule has 2 aromatic rings. The highest BCUT2D eigenvalue weighted by molar-refractivity contribution is 5.85. The number of benzene rings is 2. The predicted molar refractivity (Wildman–Crippen MR) is 138 cm³/mol. The summed E-state index contributed by atoms with van der Waals surface area (Å²) in [6.07, 6.45) is 20.1. The molecule has 0 N–H and O–H groups in total. The minimum absolute atomic E-state index is 0.264. The zero-order valence-corrected chi connectivity index (χ0v) is 20.2. The molecular formula is C31H41FO. The van der Waals surface area contributed by atoms with Crippen molar-refractivity contribution in [1.82, 2.24) is 0 Å². The predicted octanol–water partition coefficient (Wildman–Crippen LogP) is 9.37. The van der Waals surface area contributed by atoms with Crippen molar-refractivity contribution < 1.29 is 9.13 Å². The van der Waals surface area contributed by atoms with Crippen molar-refractivity contribution in [3.63, 3.8) is 0 Å². The Labute approximate surface area is 200 Å². The molecule has 0 spiro atoms. The van der Waals surface area contributed by atoms with Gasteiger partial charge in [0.15, 0.2) is 11.6 Å². The molecule has 0 saturated heterocycles. The molecule has 0 bridgehead atoms. The van der Waals surface area contributed by atoms with Crippen LogP contribution in [0.5, 0.6) is 5.75 Å². The van der Waals surface area contributed by atoms with E-state index in [0.717, 1.165) is 23.1 Å². The summed E-state index contributed by atoms with van der Waals surface area (Å²) in [6.45, 7) is 7.83. The van der Waals surface area contributed by atoms with E-state index in [0.29, 0.717) is 23.7 Å². The van der Waals surface area contributed by atoms with Crippen molar-refractivity contribution in [3.05, 3.63) is 67.0 Å². The van der Waals surface area contributed by atoms with Gasteiger partial charge in [-0.25, -0.2) is 4.39 Å². The highest BCUT2D eigenvalue weighted by Crippen LogP contribution is 2.41. The first-order valence-corrected chi connectivity index (χ1v) is 13.2. The Balaban J connectivity index is 1.25. The van der Waals surface area contributed by atoms with E-state index in [9.17, 15) is 4.39 Å². The molecule has 178 valence electrons. The summed E-state index contributed by atoms with van der Waals surface area (Å²) >= 11 is 0. The van der Waals surface area contributed by atoms with Crippen LogP contribution in [0.1, 0.15) is 88.5 Å². The summed E-state index contributed by atoms with van der Waals surface area (Å²) in [5.74, 6) is 3.49. The number of hydrogen-bond acceptors (Lipinski definition) is 1. The average molecular weight is 449 g/mol. The van der Waals surface area contributed by atoms with Gasteiger partial charge in [-0.2, -0.15) is 0 Å². The fourth-order valence-electron chi connectivity index (χ4n) is 6.22. The highest BCUT2D eigenvalue weighted by atomic mass is 19.1. The summed E-state index contributed by atoms with van der Waals surface area (Å²) in [7, 11) is 0. The third-order valence-corrected chi connectivity index (χ3v) is 8.35. The van der Waals surface area contributed by atoms with Crippen LogP contribution in [0.15, 0.2) is 55.6 Å². The summed E-state index contributed by atoms with van der Waals surface area (Å²) in [6, 6.07) is 10.0. The zero-order valence-electron chi connectivity index (χ0n) is 20.2. The van der Waals surface area contributed by atoms with Crippen LogP contribution < -0.4 is 4.74 Å². The molecule has 0 radical (unpaired) electrons. The minimum atomic E-state index is -0.264. The normalized spacial score (nSPS) is 25.6. The quantitative estimate of drug-likeness (QED) is 0.329. The van der Waals surface area contributed by atoms with Crippen molar-refractivity contribution in [2.45, 2.75) is 83.0 Å². The molecule has 2 aliphatic carbocycles. The molecular weight excluding hydrogens is 407 g/mol. The molecule has 0 aliphatic heterocycles. The summed E-state index contributed by atoms with van der Waals surface area (Å²) in [4.78, 5) is 0. The lowest BCUT2D eigenvalue weighted by Gasteiger charge is -2.32. The molecule has 0 amide bonds. The van der Waals surface area contributed by atoms with Crippen LogP contribution in [0.2, 0.25) is 0 Å². The van der Waals surface area contributed by atoms with Gasteiger partial charge >= 0.3 is 0 Å². The van der Waals surface area contributed by atoms with Gasteiger partial charge in [0.2, 0.25) is 0 Å². The standard InChI is InChI=1S/C31H41FO/c1-3-5-6-23-7-9-24(10-8-23)11-12-25-13-15-26(16-14-25)27-17-19-29-28(22-27)18-20-30(31(29)32)33-21-4-2/h3-4,17-20,22-26H,1-2,5-16,21H2. The second-order valence-electron chi connectivity index (χ2n) is 10.5. The first kappa shape index (κ1) is 24.0. The molecule has 2 aromatic carbocycles. The second kappa shape index (κ2) is 11.9. The molecule has 2 fully saturated rings. The van der Waals surface area contributed by atoms with Gasteiger partial charge in [0.05, 0.1) is 0 Å². The third-order valence-electron chi connectivity index (χ3n) is 8.35. The molecule has 0 aromatic heterocycles. The largest absolute Gasteiger partial charge is 0.486 e. The van der Waals surface area contributed by atoms with Gasteiger partial charge in [-0.1, -0.05) is 81.5 Å². The van der Waals surface area contributed by atoms with Crippen molar-refractivity contribution in [3.8, 4) is 5.75 Å². The van der Waals surface area contributed by atoms with Crippen LogP contribution in [0.3, 0.4) is 0 Å². The van der Waals surface area contributed by atoms with Crippen molar-refractivity contribution in [1.29, 1.82) is 0 Å². The zero-order chi connectivity index (χ0) is 23.0. The van der Waals surface area contributed by atoms with Gasteiger partial charge in [0.25, 0.3) is 0 Å². The first-order chi connectivity index (χ1) is 16.2. The number of ether oxygens (including phenoxy) is 1. The SMILES string of the molecule is C=CCCC1CCC(CCC2CCC(c3ccc4c(F)c(OCC=C)ccc4c3)CC2)CC1. The van der Waals surface area contributed by atoms with Gasteiger partial charge in [-0.3, -0.25) is 0 Å². The van der Waals surface area contributed by atoms with Crippen LogP contribution >= 0.6 is 0 Å². The Morgan fingerprint density at radius 3 is 2.06 bits per heavy atom. The maximum absolute atomic E-state index is 14.8. The monoisotopic (exact) mass is 448 g/mol. The number of halogens is 1. The fraction of sp³-hybridized carbons (Fsp3) is 0.548. The van der Waals surface area contributed by atoms with Gasteiger partial charge in [-0.15, -0.1) is 6.58 Å². The maximum Gasteiger partial charge on any atom is 0.172 e. The van der Waals surface area contributed by atoms with Crippen molar-refractivity contribution in [2.24, 2.45) is 17.8 Å². The van der Waals surface area contributed by atoms with Gasteiger partial charge in [0.1, 0.15) is 6.61 Å². The summed E-state index contributed by atoms with van der Waals surface area (Å²) < 4.78 is 20.2. The van der Waals surface area contributed by atoms with Crippen LogP contribution in [-0.2, 0) is 0 Å². The second-order valence-corrected chi connectivity index (χ2v) is 10.5.